The highest BCUT2D eigenvalue weighted by Gasteiger charge is 2.48. The van der Waals surface area contributed by atoms with E-state index in [1.165, 1.54) is 12.8 Å². The zero-order valence-electron chi connectivity index (χ0n) is 11.9. The number of fused-ring (bicyclic) bond motifs is 2. The van der Waals surface area contributed by atoms with E-state index in [-0.39, 0.29) is 5.04 Å². The van der Waals surface area contributed by atoms with Crippen molar-refractivity contribution in [3.63, 3.8) is 0 Å². The second-order valence-electron chi connectivity index (χ2n) is 7.39. The third-order valence-electron chi connectivity index (χ3n) is 5.05. The van der Waals surface area contributed by atoms with Crippen LogP contribution in [0.4, 0.5) is 0 Å². The third kappa shape index (κ3) is 2.50. The fourth-order valence-corrected chi connectivity index (χ4v) is 4.37. The number of rotatable bonds is 2. The summed E-state index contributed by atoms with van der Waals surface area (Å²) in [6.45, 7) is 11.5. The van der Waals surface area contributed by atoms with E-state index in [9.17, 15) is 4.79 Å². The second-order valence-corrected chi connectivity index (χ2v) is 12.1. The first-order valence-corrected chi connectivity index (χ1v) is 9.81. The van der Waals surface area contributed by atoms with Gasteiger partial charge in [-0.15, -0.1) is 0 Å². The van der Waals surface area contributed by atoms with Crippen LogP contribution in [-0.2, 0) is 9.22 Å². The molecule has 2 saturated carbocycles. The lowest BCUT2D eigenvalue weighted by Gasteiger charge is -2.42. The Kier molecular flexibility index (Phi) is 3.28. The van der Waals surface area contributed by atoms with Crippen molar-refractivity contribution >= 4 is 14.1 Å². The Bertz CT molecular complexity index is 301. The summed E-state index contributed by atoms with van der Waals surface area (Å²) in [6.07, 6.45) is 4.34. The largest absolute Gasteiger partial charge is 0.413 e. The van der Waals surface area contributed by atoms with Gasteiger partial charge in [-0.05, 0) is 42.8 Å². The van der Waals surface area contributed by atoms with Gasteiger partial charge in [0.15, 0.2) is 8.32 Å². The molecule has 0 spiro atoms. The van der Waals surface area contributed by atoms with Gasteiger partial charge in [-0.2, -0.15) is 0 Å². The molecule has 2 rings (SSSR count). The quantitative estimate of drug-likeness (QED) is 0.701. The summed E-state index contributed by atoms with van der Waals surface area (Å²) in [5.41, 5.74) is 0. The number of hydrogen-bond acceptors (Lipinski definition) is 2. The van der Waals surface area contributed by atoms with Crippen LogP contribution >= 0.6 is 0 Å². The van der Waals surface area contributed by atoms with Crippen molar-refractivity contribution in [2.75, 3.05) is 0 Å². The van der Waals surface area contributed by atoms with Gasteiger partial charge in [-0.25, -0.2) is 0 Å². The van der Waals surface area contributed by atoms with Crippen LogP contribution in [0, 0.1) is 11.8 Å². The molecule has 0 N–H and O–H groups in total. The van der Waals surface area contributed by atoms with Crippen molar-refractivity contribution in [1.29, 1.82) is 0 Å². The highest BCUT2D eigenvalue weighted by Crippen LogP contribution is 2.46. The Morgan fingerprint density at radius 3 is 2.00 bits per heavy atom. The number of hydrogen-bond donors (Lipinski definition) is 0. The summed E-state index contributed by atoms with van der Waals surface area (Å²) in [5, 5.41) is 0.272. The van der Waals surface area contributed by atoms with Crippen LogP contribution in [0.15, 0.2) is 0 Å². The van der Waals surface area contributed by atoms with E-state index in [2.05, 4.69) is 33.9 Å². The molecular weight excluding hydrogens is 228 g/mol. The molecule has 17 heavy (non-hydrogen) atoms. The lowest BCUT2D eigenvalue weighted by Crippen LogP contribution is -2.48. The highest BCUT2D eigenvalue weighted by molar-refractivity contribution is 6.74. The molecule has 2 aliphatic rings. The molecule has 0 amide bonds. The molecule has 3 atom stereocenters. The van der Waals surface area contributed by atoms with E-state index < -0.39 is 8.32 Å². The lowest BCUT2D eigenvalue weighted by atomic mass is 9.85. The molecule has 0 aromatic rings. The van der Waals surface area contributed by atoms with Crippen molar-refractivity contribution in [2.24, 2.45) is 11.8 Å². The average Bonchev–Trinajstić information content (AvgIpc) is 2.42. The predicted molar refractivity (Wildman–Crippen MR) is 72.5 cm³/mol. The molecule has 98 valence electrons. The van der Waals surface area contributed by atoms with Crippen LogP contribution in [-0.4, -0.2) is 20.2 Å². The lowest BCUT2D eigenvalue weighted by molar-refractivity contribution is -0.124. The van der Waals surface area contributed by atoms with E-state index >= 15 is 0 Å². The fraction of sp³-hybridized carbons (Fsp3) is 0.929. The van der Waals surface area contributed by atoms with Crippen LogP contribution < -0.4 is 0 Å². The van der Waals surface area contributed by atoms with Crippen LogP contribution in [0.3, 0.4) is 0 Å². The maximum atomic E-state index is 11.6. The molecule has 0 aliphatic heterocycles. The molecule has 3 heteroatoms. The van der Waals surface area contributed by atoms with Gasteiger partial charge >= 0.3 is 0 Å². The third-order valence-corrected chi connectivity index (χ3v) is 9.53. The van der Waals surface area contributed by atoms with Crippen LogP contribution in [0.1, 0.15) is 46.5 Å². The minimum atomic E-state index is -1.67. The first-order chi connectivity index (χ1) is 7.71. The second kappa shape index (κ2) is 4.20. The molecule has 0 saturated heterocycles. The molecule has 1 unspecified atom stereocenters. The number of carbonyl (C=O) groups excluding carboxylic acids is 1. The van der Waals surface area contributed by atoms with Crippen molar-refractivity contribution in [2.45, 2.75) is 70.7 Å². The normalized spacial score (nSPS) is 34.2. The van der Waals surface area contributed by atoms with E-state index in [4.69, 9.17) is 4.43 Å². The predicted octanol–water partition coefficient (Wildman–Crippen LogP) is 3.77. The van der Waals surface area contributed by atoms with E-state index in [1.54, 1.807) is 0 Å². The molecule has 0 aromatic heterocycles. The van der Waals surface area contributed by atoms with Crippen molar-refractivity contribution < 1.29 is 9.22 Å². The first kappa shape index (κ1) is 13.3. The highest BCUT2D eigenvalue weighted by atomic mass is 28.4. The van der Waals surface area contributed by atoms with Gasteiger partial charge in [-0.1, -0.05) is 20.8 Å². The topological polar surface area (TPSA) is 26.3 Å². The molecule has 2 fully saturated rings. The van der Waals surface area contributed by atoms with Gasteiger partial charge in [-0.3, -0.25) is 4.79 Å². The number of carbonyl (C=O) groups is 1. The Morgan fingerprint density at radius 1 is 1.12 bits per heavy atom. The zero-order chi connectivity index (χ0) is 12.8. The average molecular weight is 254 g/mol. The minimum Gasteiger partial charge on any atom is -0.413 e. The molecular formula is C14H26O2Si. The van der Waals surface area contributed by atoms with E-state index in [1.807, 2.05) is 0 Å². The van der Waals surface area contributed by atoms with E-state index in [0.29, 0.717) is 23.7 Å². The Balaban J connectivity index is 2.08. The fourth-order valence-electron chi connectivity index (χ4n) is 2.96. The molecule has 2 aliphatic carbocycles. The maximum Gasteiger partial charge on any atom is 0.192 e. The zero-order valence-corrected chi connectivity index (χ0v) is 12.9. The van der Waals surface area contributed by atoms with Crippen molar-refractivity contribution in [3.8, 4) is 0 Å². The molecule has 0 heterocycles. The van der Waals surface area contributed by atoms with Gasteiger partial charge in [0.25, 0.3) is 0 Å². The van der Waals surface area contributed by atoms with Gasteiger partial charge < -0.3 is 4.43 Å². The first-order valence-electron chi connectivity index (χ1n) is 6.90. The van der Waals surface area contributed by atoms with Gasteiger partial charge in [0.2, 0.25) is 0 Å². The molecule has 2 nitrogen and oxygen atoms in total. The summed E-state index contributed by atoms with van der Waals surface area (Å²) >= 11 is 0. The van der Waals surface area contributed by atoms with Gasteiger partial charge in [0.1, 0.15) is 5.78 Å². The minimum absolute atomic E-state index is 0.272. The maximum absolute atomic E-state index is 11.6. The summed E-state index contributed by atoms with van der Waals surface area (Å²) in [7, 11) is -1.67. The summed E-state index contributed by atoms with van der Waals surface area (Å²) in [5.74, 6) is 1.51. The van der Waals surface area contributed by atoms with E-state index in [0.717, 1.165) is 12.8 Å². The standard InChI is InChI=1S/C14H26O2Si/c1-14(2,3)17(4,5)16-13-10-6-7-11(13)9-12(15)8-10/h10-11,13H,6-9H2,1-5H3/t10-,11+,13?. The van der Waals surface area contributed by atoms with Crippen LogP contribution in [0.25, 0.3) is 0 Å². The molecule has 2 bridgehead atoms. The molecule has 0 radical (unpaired) electrons. The van der Waals surface area contributed by atoms with Gasteiger partial charge in [0, 0.05) is 12.8 Å². The smallest absolute Gasteiger partial charge is 0.192 e. The molecule has 0 aromatic carbocycles. The van der Waals surface area contributed by atoms with Crippen molar-refractivity contribution in [3.05, 3.63) is 0 Å². The van der Waals surface area contributed by atoms with Crippen LogP contribution in [0.5, 0.6) is 0 Å². The summed E-state index contributed by atoms with van der Waals surface area (Å²) < 4.78 is 6.57. The van der Waals surface area contributed by atoms with Gasteiger partial charge in [0.05, 0.1) is 6.10 Å². The number of ketones is 1. The summed E-state index contributed by atoms with van der Waals surface area (Å²) in [4.78, 5) is 11.6. The summed E-state index contributed by atoms with van der Waals surface area (Å²) in [6, 6.07) is 0. The van der Waals surface area contributed by atoms with Crippen LogP contribution in [0.2, 0.25) is 18.1 Å². The monoisotopic (exact) mass is 254 g/mol. The van der Waals surface area contributed by atoms with Crippen molar-refractivity contribution in [1.82, 2.24) is 0 Å². The SMILES string of the molecule is CC(C)(C)[Si](C)(C)OC1[C@@H]2CC[C@H]1CC(=O)C2. The Morgan fingerprint density at radius 2 is 1.59 bits per heavy atom. The Labute approximate surface area is 106 Å². The Hall–Kier alpha value is -0.153. The number of Topliss-reactive ketones (excluding diaryl/α,β-unsaturated/α-hetero) is 1.